The molecule has 1 aliphatic carbocycles. The third kappa shape index (κ3) is 5.82. The lowest BCUT2D eigenvalue weighted by molar-refractivity contribution is -0.385. The zero-order valence-corrected chi connectivity index (χ0v) is 19.6. The second kappa shape index (κ2) is 10.7. The number of nitro benzene ring substituents is 1. The molecule has 0 spiro atoms. The maximum atomic E-state index is 12.9. The van der Waals surface area contributed by atoms with Crippen LogP contribution in [0.15, 0.2) is 52.2 Å². The predicted octanol–water partition coefficient (Wildman–Crippen LogP) is 5.93. The van der Waals surface area contributed by atoms with Crippen molar-refractivity contribution in [3.63, 3.8) is 0 Å². The highest BCUT2D eigenvalue weighted by molar-refractivity contribution is 8.00. The van der Waals surface area contributed by atoms with Crippen molar-refractivity contribution >= 4 is 40.4 Å². The minimum Gasteiger partial charge on any atom is -0.493 e. The number of hydrogen-bond acceptors (Lipinski definition) is 8. The third-order valence-electron chi connectivity index (χ3n) is 5.30. The van der Waals surface area contributed by atoms with E-state index in [9.17, 15) is 14.9 Å². The van der Waals surface area contributed by atoms with Crippen LogP contribution in [-0.2, 0) is 6.61 Å². The second-order valence-electron chi connectivity index (χ2n) is 7.55. The molecule has 1 fully saturated rings. The van der Waals surface area contributed by atoms with E-state index < -0.39 is 10.8 Å². The second-order valence-corrected chi connectivity index (χ2v) is 9.64. The van der Waals surface area contributed by atoms with Gasteiger partial charge in [-0.2, -0.15) is 0 Å². The van der Waals surface area contributed by atoms with Crippen molar-refractivity contribution in [3.8, 4) is 11.5 Å². The molecular weight excluding hydrogens is 462 g/mol. The Hall–Kier alpha value is -3.11. The molecule has 0 unspecified atom stereocenters. The lowest BCUT2D eigenvalue weighted by atomic mass is 10.1. The van der Waals surface area contributed by atoms with Crippen molar-refractivity contribution in [2.24, 2.45) is 0 Å². The first-order valence-corrected chi connectivity index (χ1v) is 12.3. The number of thiazole rings is 1. The third-order valence-corrected chi connectivity index (χ3v) is 7.28. The number of ether oxygens (including phenoxy) is 2. The van der Waals surface area contributed by atoms with Gasteiger partial charge in [-0.3, -0.25) is 14.9 Å². The van der Waals surface area contributed by atoms with Gasteiger partial charge in [-0.25, -0.2) is 4.98 Å². The first kappa shape index (κ1) is 23.1. The maximum Gasteiger partial charge on any atom is 0.286 e. The molecule has 2 aromatic carbocycles. The van der Waals surface area contributed by atoms with Crippen molar-refractivity contribution in [1.29, 1.82) is 0 Å². The van der Waals surface area contributed by atoms with Crippen LogP contribution in [0.3, 0.4) is 0 Å². The van der Waals surface area contributed by atoms with Crippen molar-refractivity contribution in [2.45, 2.75) is 42.4 Å². The molecule has 1 aliphatic rings. The molecule has 0 saturated heterocycles. The molecule has 0 atom stereocenters. The summed E-state index contributed by atoms with van der Waals surface area (Å²) in [5.74, 6) is -0.200. The zero-order valence-electron chi connectivity index (χ0n) is 18.0. The largest absolute Gasteiger partial charge is 0.493 e. The van der Waals surface area contributed by atoms with Crippen LogP contribution in [0.4, 0.5) is 11.4 Å². The van der Waals surface area contributed by atoms with Crippen LogP contribution in [0, 0.1) is 10.1 Å². The van der Waals surface area contributed by atoms with Crippen molar-refractivity contribution in [3.05, 3.63) is 68.7 Å². The summed E-state index contributed by atoms with van der Waals surface area (Å²) in [7, 11) is 1.42. The Balaban J connectivity index is 1.50. The highest BCUT2D eigenvalue weighted by atomic mass is 32.2. The van der Waals surface area contributed by atoms with Crippen molar-refractivity contribution < 1.29 is 19.2 Å². The molecule has 1 amide bonds. The van der Waals surface area contributed by atoms with Crippen molar-refractivity contribution in [2.75, 3.05) is 12.4 Å². The molecule has 10 heteroatoms. The van der Waals surface area contributed by atoms with E-state index in [2.05, 4.69) is 10.3 Å². The standard InChI is InChI=1S/C23H23N3O5S2/c1-30-21-10-19(20(26(28)29)11-22(21)31-12-16-13-32-14-24-16)23(27)25-15-6-8-18(9-7-15)33-17-4-2-3-5-17/h6-11,13-14,17H,2-5,12H2,1H3,(H,25,27). The van der Waals surface area contributed by atoms with E-state index in [-0.39, 0.29) is 29.4 Å². The lowest BCUT2D eigenvalue weighted by Gasteiger charge is -2.13. The molecular formula is C23H23N3O5S2. The van der Waals surface area contributed by atoms with Gasteiger partial charge in [0.05, 0.1) is 29.3 Å². The zero-order chi connectivity index (χ0) is 23.2. The van der Waals surface area contributed by atoms with Gasteiger partial charge in [-0.05, 0) is 37.1 Å². The molecule has 1 N–H and O–H groups in total. The fraction of sp³-hybridized carbons (Fsp3) is 0.304. The quantitative estimate of drug-likeness (QED) is 0.296. The average Bonchev–Trinajstić information content (AvgIpc) is 3.52. The van der Waals surface area contributed by atoms with Crippen LogP contribution in [0.1, 0.15) is 41.7 Å². The average molecular weight is 486 g/mol. The highest BCUT2D eigenvalue weighted by Gasteiger charge is 2.25. The molecule has 1 heterocycles. The van der Waals surface area contributed by atoms with Gasteiger partial charge in [0.1, 0.15) is 12.2 Å². The number of methoxy groups -OCH3 is 1. The Kier molecular flexibility index (Phi) is 7.46. The fourth-order valence-corrected chi connectivity index (χ4v) is 5.42. The smallest absolute Gasteiger partial charge is 0.286 e. The van der Waals surface area contributed by atoms with Gasteiger partial charge in [0, 0.05) is 27.3 Å². The van der Waals surface area contributed by atoms with E-state index >= 15 is 0 Å². The molecule has 4 rings (SSSR count). The number of thioether (sulfide) groups is 1. The number of hydrogen-bond donors (Lipinski definition) is 1. The van der Waals surface area contributed by atoms with Gasteiger partial charge in [0.2, 0.25) is 0 Å². The molecule has 0 aliphatic heterocycles. The number of amides is 1. The highest BCUT2D eigenvalue weighted by Crippen LogP contribution is 2.37. The molecule has 33 heavy (non-hydrogen) atoms. The number of carbonyl (C=O) groups is 1. The number of carbonyl (C=O) groups excluding carboxylic acids is 1. The SMILES string of the molecule is COc1cc(C(=O)Nc2ccc(SC3CCCC3)cc2)c([N+](=O)[O-])cc1OCc1cscn1. The predicted molar refractivity (Wildman–Crippen MR) is 129 cm³/mol. The molecule has 1 saturated carbocycles. The van der Waals surface area contributed by atoms with Crippen molar-refractivity contribution in [1.82, 2.24) is 4.98 Å². The molecule has 8 nitrogen and oxygen atoms in total. The summed E-state index contributed by atoms with van der Waals surface area (Å²) in [6, 6.07) is 10.1. The summed E-state index contributed by atoms with van der Waals surface area (Å²) >= 11 is 3.28. The summed E-state index contributed by atoms with van der Waals surface area (Å²) in [6.45, 7) is 0.133. The van der Waals surface area contributed by atoms with Crippen LogP contribution in [0.5, 0.6) is 11.5 Å². The number of rotatable bonds is 9. The van der Waals surface area contributed by atoms with Crippen LogP contribution >= 0.6 is 23.1 Å². The summed E-state index contributed by atoms with van der Waals surface area (Å²) < 4.78 is 11.0. The Bertz CT molecular complexity index is 1110. The van der Waals surface area contributed by atoms with E-state index in [4.69, 9.17) is 9.47 Å². The Labute approximate surface area is 199 Å². The van der Waals surface area contributed by atoms with E-state index in [0.29, 0.717) is 16.6 Å². The monoisotopic (exact) mass is 485 g/mol. The summed E-state index contributed by atoms with van der Waals surface area (Å²) in [5, 5.41) is 16.9. The molecule has 1 aromatic heterocycles. The van der Waals surface area contributed by atoms with Gasteiger partial charge in [0.15, 0.2) is 11.5 Å². The Morgan fingerprint density at radius 2 is 2.00 bits per heavy atom. The first-order valence-electron chi connectivity index (χ1n) is 10.5. The van der Waals surface area contributed by atoms with Gasteiger partial charge in [-0.1, -0.05) is 12.8 Å². The van der Waals surface area contributed by atoms with E-state index in [1.807, 2.05) is 41.4 Å². The van der Waals surface area contributed by atoms with Crippen LogP contribution in [-0.4, -0.2) is 28.2 Å². The lowest BCUT2D eigenvalue weighted by Crippen LogP contribution is -2.14. The number of nitrogens with one attached hydrogen (secondary N) is 1. The summed E-state index contributed by atoms with van der Waals surface area (Å²) in [6.07, 6.45) is 5.03. The van der Waals surface area contributed by atoms with Gasteiger partial charge in [0.25, 0.3) is 11.6 Å². The Morgan fingerprint density at radius 3 is 2.64 bits per heavy atom. The van der Waals surface area contributed by atoms with Crippen LogP contribution < -0.4 is 14.8 Å². The van der Waals surface area contributed by atoms with E-state index in [1.165, 1.54) is 56.3 Å². The Morgan fingerprint density at radius 1 is 1.24 bits per heavy atom. The number of benzene rings is 2. The van der Waals surface area contributed by atoms with Crippen LogP contribution in [0.25, 0.3) is 0 Å². The number of aromatic nitrogens is 1. The minimum atomic E-state index is -0.606. The summed E-state index contributed by atoms with van der Waals surface area (Å²) in [4.78, 5) is 29.3. The number of nitro groups is 1. The molecule has 0 radical (unpaired) electrons. The summed E-state index contributed by atoms with van der Waals surface area (Å²) in [5.41, 5.74) is 2.46. The topological polar surface area (TPSA) is 104 Å². The first-order chi connectivity index (χ1) is 16.0. The normalized spacial score (nSPS) is 13.6. The minimum absolute atomic E-state index is 0.109. The van der Waals surface area contributed by atoms with Gasteiger partial charge < -0.3 is 14.8 Å². The van der Waals surface area contributed by atoms with Gasteiger partial charge in [-0.15, -0.1) is 23.1 Å². The molecule has 172 valence electrons. The maximum absolute atomic E-state index is 12.9. The van der Waals surface area contributed by atoms with E-state index in [0.717, 1.165) is 4.90 Å². The molecule has 3 aromatic rings. The number of nitrogens with zero attached hydrogens (tertiary/aromatic N) is 2. The number of anilines is 1. The van der Waals surface area contributed by atoms with Crippen LogP contribution in [0.2, 0.25) is 0 Å². The van der Waals surface area contributed by atoms with Gasteiger partial charge >= 0.3 is 0 Å². The van der Waals surface area contributed by atoms with E-state index in [1.54, 1.807) is 5.51 Å². The fourth-order valence-electron chi connectivity index (χ4n) is 3.63. The molecule has 0 bridgehead atoms.